The Kier molecular flexibility index (Phi) is 16.7. The fraction of sp³-hybridized carbons (Fsp3) is 0.905. The summed E-state index contributed by atoms with van der Waals surface area (Å²) in [4.78, 5) is 24.1. The third-order valence-corrected chi connectivity index (χ3v) is 7.55. The molecule has 0 rings (SSSR count). The molecule has 4 amide bonds. The van der Waals surface area contributed by atoms with Crippen molar-refractivity contribution in [3.63, 3.8) is 0 Å². The number of urea groups is 2. The van der Waals surface area contributed by atoms with Crippen LogP contribution in [0, 0.1) is 0 Å². The zero-order valence-corrected chi connectivity index (χ0v) is 24.2. The van der Waals surface area contributed by atoms with Crippen LogP contribution in [0.2, 0.25) is 0 Å². The Morgan fingerprint density at radius 1 is 0.543 bits per heavy atom. The molecule has 0 heterocycles. The number of unbranched alkanes of at least 4 members (excludes halogenated alkanes) is 4. The van der Waals surface area contributed by atoms with Crippen LogP contribution >= 0.6 is 15.5 Å². The zero-order valence-electron chi connectivity index (χ0n) is 22.4. The van der Waals surface area contributed by atoms with E-state index in [-0.39, 0.29) is 24.4 Å². The molecule has 0 aromatic heterocycles. The van der Waals surface area contributed by atoms with Crippen LogP contribution in [0.5, 0.6) is 0 Å². The lowest BCUT2D eigenvalue weighted by molar-refractivity contribution is 0.135. The molecule has 12 nitrogen and oxygen atoms in total. The second kappa shape index (κ2) is 17.3. The van der Waals surface area contributed by atoms with Gasteiger partial charge in [-0.25, -0.2) is 28.9 Å². The standard InChI is InChI=1S/C21H46N4O8P2/c1-16(2)30-34(28,31-17(3)4)24-20(26)22-14-12-10-9-11-13-15-23-21(27)25-35(29,32-18(5)6)33-19(7)8/h16-19H,9-15H2,1-8H3,(H2,22,24,26,28)(H2,23,25,27,29). The summed E-state index contributed by atoms with van der Waals surface area (Å²) in [7, 11) is -7.47. The van der Waals surface area contributed by atoms with Gasteiger partial charge >= 0.3 is 27.6 Å². The predicted octanol–water partition coefficient (Wildman–Crippen LogP) is 5.45. The lowest BCUT2D eigenvalue weighted by Gasteiger charge is -2.23. The van der Waals surface area contributed by atoms with Crippen LogP contribution in [0.3, 0.4) is 0 Å². The van der Waals surface area contributed by atoms with Gasteiger partial charge in [0.15, 0.2) is 0 Å². The molecule has 0 saturated heterocycles. The van der Waals surface area contributed by atoms with Crippen LogP contribution in [-0.4, -0.2) is 49.6 Å². The van der Waals surface area contributed by atoms with Crippen LogP contribution < -0.4 is 20.8 Å². The fourth-order valence-corrected chi connectivity index (χ4v) is 5.96. The summed E-state index contributed by atoms with van der Waals surface area (Å²) in [6, 6.07) is -1.21. The largest absolute Gasteiger partial charge is 0.436 e. The molecule has 0 radical (unpaired) electrons. The van der Waals surface area contributed by atoms with Crippen molar-refractivity contribution in [3.8, 4) is 0 Å². The first kappa shape index (κ1) is 33.8. The van der Waals surface area contributed by atoms with Gasteiger partial charge in [0.2, 0.25) is 0 Å². The molecule has 0 bridgehead atoms. The molecule has 0 aromatic carbocycles. The highest BCUT2D eigenvalue weighted by atomic mass is 31.2. The maximum Gasteiger partial charge on any atom is 0.436 e. The van der Waals surface area contributed by atoms with Crippen LogP contribution in [0.4, 0.5) is 9.59 Å². The van der Waals surface area contributed by atoms with Crippen LogP contribution in [0.1, 0.15) is 87.5 Å². The van der Waals surface area contributed by atoms with Crippen molar-refractivity contribution in [1.29, 1.82) is 0 Å². The average Bonchev–Trinajstić information content (AvgIpc) is 2.62. The average molecular weight is 545 g/mol. The van der Waals surface area contributed by atoms with E-state index >= 15 is 0 Å². The van der Waals surface area contributed by atoms with Crippen molar-refractivity contribution in [3.05, 3.63) is 0 Å². The monoisotopic (exact) mass is 544 g/mol. The van der Waals surface area contributed by atoms with Gasteiger partial charge < -0.3 is 10.6 Å². The molecule has 35 heavy (non-hydrogen) atoms. The highest BCUT2D eigenvalue weighted by Gasteiger charge is 2.31. The molecular weight excluding hydrogens is 498 g/mol. The third-order valence-electron chi connectivity index (χ3n) is 3.80. The molecule has 0 spiro atoms. The Morgan fingerprint density at radius 2 is 0.800 bits per heavy atom. The van der Waals surface area contributed by atoms with Gasteiger partial charge in [-0.05, 0) is 68.2 Å². The van der Waals surface area contributed by atoms with Crippen molar-refractivity contribution < 1.29 is 36.8 Å². The van der Waals surface area contributed by atoms with E-state index < -0.39 is 27.6 Å². The molecule has 208 valence electrons. The Balaban J connectivity index is 4.07. The molecule has 0 aliphatic heterocycles. The molecule has 4 N–H and O–H groups in total. The van der Waals surface area contributed by atoms with Gasteiger partial charge in [-0.1, -0.05) is 19.3 Å². The van der Waals surface area contributed by atoms with Gasteiger partial charge in [0.25, 0.3) is 0 Å². The normalized spacial score (nSPS) is 12.5. The number of nitrogens with one attached hydrogen (secondary N) is 4. The van der Waals surface area contributed by atoms with Crippen molar-refractivity contribution >= 4 is 27.6 Å². The van der Waals surface area contributed by atoms with Crippen LogP contribution in [0.15, 0.2) is 0 Å². The third kappa shape index (κ3) is 18.7. The summed E-state index contributed by atoms with van der Waals surface area (Å²) in [5.41, 5.74) is 0. The molecule has 14 heteroatoms. The molecule has 0 saturated carbocycles. The summed E-state index contributed by atoms with van der Waals surface area (Å²) in [5.74, 6) is 0. The van der Waals surface area contributed by atoms with Gasteiger partial charge in [-0.2, -0.15) is 0 Å². The van der Waals surface area contributed by atoms with Crippen molar-refractivity contribution in [1.82, 2.24) is 20.8 Å². The van der Waals surface area contributed by atoms with E-state index in [1.54, 1.807) is 55.4 Å². The number of amides is 4. The van der Waals surface area contributed by atoms with E-state index in [1.165, 1.54) is 0 Å². The number of hydrogen-bond donors (Lipinski definition) is 4. The number of carbonyl (C=O) groups excluding carboxylic acids is 2. The van der Waals surface area contributed by atoms with Gasteiger partial charge in [0, 0.05) is 13.1 Å². The van der Waals surface area contributed by atoms with E-state index in [2.05, 4.69) is 20.8 Å². The summed E-state index contributed by atoms with van der Waals surface area (Å²) in [6.45, 7) is 14.5. The van der Waals surface area contributed by atoms with E-state index in [0.717, 1.165) is 32.1 Å². The lowest BCUT2D eigenvalue weighted by atomic mass is 10.1. The first-order valence-electron chi connectivity index (χ1n) is 12.2. The van der Waals surface area contributed by atoms with E-state index in [9.17, 15) is 18.7 Å². The van der Waals surface area contributed by atoms with E-state index in [4.69, 9.17) is 18.1 Å². The molecular formula is C21H46N4O8P2. The zero-order chi connectivity index (χ0) is 27.1. The summed E-state index contributed by atoms with van der Waals surface area (Å²) in [6.07, 6.45) is 2.65. The maximum absolute atomic E-state index is 12.6. The molecule has 0 fully saturated rings. The Morgan fingerprint density at radius 3 is 1.06 bits per heavy atom. The van der Waals surface area contributed by atoms with E-state index in [1.807, 2.05) is 0 Å². The number of rotatable bonds is 18. The molecule has 0 aliphatic rings. The first-order valence-corrected chi connectivity index (χ1v) is 15.3. The van der Waals surface area contributed by atoms with Crippen molar-refractivity contribution in [2.75, 3.05) is 13.1 Å². The Labute approximate surface area is 210 Å². The molecule has 0 unspecified atom stereocenters. The van der Waals surface area contributed by atoms with Crippen molar-refractivity contribution in [2.24, 2.45) is 0 Å². The fourth-order valence-electron chi connectivity index (χ4n) is 2.78. The summed E-state index contributed by atoms with van der Waals surface area (Å²) >= 11 is 0. The minimum atomic E-state index is -3.73. The van der Waals surface area contributed by atoms with Crippen LogP contribution in [0.25, 0.3) is 0 Å². The predicted molar refractivity (Wildman–Crippen MR) is 136 cm³/mol. The molecule has 0 aromatic rings. The smallest absolute Gasteiger partial charge is 0.338 e. The van der Waals surface area contributed by atoms with Gasteiger partial charge in [-0.15, -0.1) is 0 Å². The SMILES string of the molecule is CC(C)OP(=O)(NC(=O)NCCCCCCCNC(=O)NP(=O)(OC(C)C)OC(C)C)OC(C)C. The maximum atomic E-state index is 12.6. The first-order chi connectivity index (χ1) is 16.2. The summed E-state index contributed by atoms with van der Waals surface area (Å²) < 4.78 is 46.3. The molecule has 0 atom stereocenters. The van der Waals surface area contributed by atoms with E-state index in [0.29, 0.717) is 13.1 Å². The van der Waals surface area contributed by atoms with Crippen molar-refractivity contribution in [2.45, 2.75) is 112 Å². The topological polar surface area (TPSA) is 153 Å². The summed E-state index contributed by atoms with van der Waals surface area (Å²) in [5, 5.41) is 9.90. The van der Waals surface area contributed by atoms with Gasteiger partial charge in [-0.3, -0.25) is 18.1 Å². The highest BCUT2D eigenvalue weighted by molar-refractivity contribution is 7.52. The highest BCUT2D eigenvalue weighted by Crippen LogP contribution is 2.46. The minimum absolute atomic E-state index is 0.369. The molecule has 0 aliphatic carbocycles. The number of carbonyl (C=O) groups is 2. The second-order valence-electron chi connectivity index (χ2n) is 9.11. The minimum Gasteiger partial charge on any atom is -0.338 e. The van der Waals surface area contributed by atoms with Gasteiger partial charge in [0.1, 0.15) is 0 Å². The second-order valence-corrected chi connectivity index (χ2v) is 12.4. The lowest BCUT2D eigenvalue weighted by Crippen LogP contribution is -2.36. The quantitative estimate of drug-likeness (QED) is 0.131. The van der Waals surface area contributed by atoms with Crippen LogP contribution in [-0.2, 0) is 27.2 Å². The Bertz CT molecular complexity index is 633. The van der Waals surface area contributed by atoms with Gasteiger partial charge in [0.05, 0.1) is 24.4 Å². The number of hydrogen-bond acceptors (Lipinski definition) is 8. The Hall–Kier alpha value is -1.16.